The van der Waals surface area contributed by atoms with Crippen LogP contribution in [0.15, 0.2) is 109 Å². The summed E-state index contributed by atoms with van der Waals surface area (Å²) in [6, 6.07) is 31.7. The van der Waals surface area contributed by atoms with Gasteiger partial charge in [-0.2, -0.15) is 0 Å². The second-order valence-electron chi connectivity index (χ2n) is 40.9. The number of carbonyl (C=O) groups excluding carboxylic acids is 12. The van der Waals surface area contributed by atoms with Crippen LogP contribution in [0.4, 0.5) is 0 Å². The van der Waals surface area contributed by atoms with Crippen LogP contribution in [0.2, 0.25) is 34.9 Å². The minimum Gasteiger partial charge on any atom is -0.535 e. The van der Waals surface area contributed by atoms with Crippen LogP contribution in [0, 0.1) is 23.2 Å². The number of benzene rings is 6. The molecule has 6 aliphatic rings. The van der Waals surface area contributed by atoms with E-state index in [9.17, 15) is 87.7 Å². The van der Waals surface area contributed by atoms with Gasteiger partial charge in [0.25, 0.3) is 0 Å². The maximum absolute atomic E-state index is 12.4. The molecule has 0 radical (unpaired) electrons. The monoisotopic (exact) mass is 2050 g/mol. The number of esters is 6. The van der Waals surface area contributed by atoms with Gasteiger partial charge >= 0.3 is 78.5 Å². The number of ketones is 6. The molecule has 0 fully saturated rings. The lowest BCUT2D eigenvalue weighted by molar-refractivity contribution is -0.119. The summed E-state index contributed by atoms with van der Waals surface area (Å²) in [5.74, 6) is -0.0891. The number of unbranched alkanes of at least 4 members (excludes halogenated alkanes) is 5. The van der Waals surface area contributed by atoms with Gasteiger partial charge in [-0.25, -0.2) is 28.8 Å². The van der Waals surface area contributed by atoms with Crippen LogP contribution >= 0.6 is 0 Å². The summed E-state index contributed by atoms with van der Waals surface area (Å²) in [7, 11) is -6.51. The van der Waals surface area contributed by atoms with E-state index in [0.717, 1.165) is 117 Å². The van der Waals surface area contributed by atoms with E-state index in [1.54, 1.807) is 114 Å². The predicted octanol–water partition coefficient (Wildman–Crippen LogP) is 20.1. The first-order valence-electron chi connectivity index (χ1n) is 53.6. The van der Waals surface area contributed by atoms with Gasteiger partial charge in [0, 0.05) is 112 Å². The number of carbonyl (C=O) groups is 12. The van der Waals surface area contributed by atoms with Gasteiger partial charge in [-0.15, -0.1) is 0 Å². The van der Waals surface area contributed by atoms with Crippen LogP contribution in [-0.2, 0) is 95.7 Å². The van der Waals surface area contributed by atoms with Crippen molar-refractivity contribution >= 4 is 113 Å². The Hall–Kier alpha value is -10.9. The number of hydrogen-bond donors (Lipinski definition) is 6. The summed E-state index contributed by atoms with van der Waals surface area (Å²) in [5, 5.41) is 61.3. The normalized spacial score (nSPS) is 16.4. The van der Waals surface area contributed by atoms with Crippen molar-refractivity contribution in [3.8, 4) is 34.5 Å². The first kappa shape index (κ1) is 124. The highest BCUT2D eigenvalue weighted by Crippen LogP contribution is 2.44. The van der Waals surface area contributed by atoms with Crippen molar-refractivity contribution in [2.24, 2.45) is 23.2 Å². The van der Waals surface area contributed by atoms with Gasteiger partial charge in [-0.1, -0.05) is 235 Å². The van der Waals surface area contributed by atoms with Crippen molar-refractivity contribution in [3.63, 3.8) is 0 Å². The summed E-state index contributed by atoms with van der Waals surface area (Å²) in [5.41, 5.74) is 7.06. The van der Waals surface area contributed by atoms with E-state index in [-0.39, 0.29) is 114 Å². The van der Waals surface area contributed by atoms with E-state index in [4.69, 9.17) is 56.3 Å². The summed E-state index contributed by atoms with van der Waals surface area (Å²) < 4.78 is 65.5. The third-order valence-corrected chi connectivity index (χ3v) is 26.9. The number of rotatable bonds is 46. The Bertz CT molecular complexity index is 5300. The van der Waals surface area contributed by atoms with Crippen molar-refractivity contribution in [2.75, 3.05) is 39.6 Å². The van der Waals surface area contributed by atoms with Crippen molar-refractivity contribution in [3.05, 3.63) is 176 Å². The van der Waals surface area contributed by atoms with E-state index in [1.165, 1.54) is 0 Å². The van der Waals surface area contributed by atoms with E-state index in [2.05, 4.69) is 76.2 Å². The van der Waals surface area contributed by atoms with E-state index in [0.29, 0.717) is 202 Å². The molecule has 6 atom stereocenters. The maximum Gasteiger partial charge on any atom is 0.526 e. The Kier molecular flexibility index (Phi) is 53.6. The number of ether oxygens (including phenoxy) is 6. The second-order valence-corrected chi connectivity index (χ2v) is 40.9. The third-order valence-electron chi connectivity index (χ3n) is 26.9. The fourth-order valence-corrected chi connectivity index (χ4v) is 17.4. The standard InChI is InChI=1S/4C19H27BO5.2C18H25BO5/c1-5-15(21)12-14-11-13-7-6-8-16(17(13)25-20(14)23)18(22)24-10-9-19(2,3)4;1-4-16(21)12-15-11-14-8-5-9-17(18(14)25-20(15)23)19(22)24-10-6-7-13(2)3;1-4-13(5-2)12-24-19(22)17-9-7-8-14-10-15(11-16(21)6-3)20(23)25-18(14)17;1-3-5-6-7-11-24-19(22)17-10-8-9-14-12-15(13-16(21)4-2)20(23)25-18(14)17;1-4-15(20)11-14-10-13-6-5-7-16(17(13)24-19(14)22)18(21)23-9-8-12(2)3;1-3-5-6-10-23-18(21)16-9-7-8-13-11-14(12-15(20)4-2)19(22)24-17(13)16/h6-8,14,23H,5,9-12H2,1-4H3;5,8-9,13,15,23H,4,6-7,10-12H2,1-3H3;7-9,13,15,23H,4-6,10-12H2,1-3H3;8-10,15,23H,3-7,11-13H2,1-2H3;5-7,12,14,22H,4,8-11H2,1-3H3;7-9,14,22H,3-6,10-12H2,1-2H3/t14-;3*15-;2*14-/m111111/s1. The molecule has 6 aromatic carbocycles. The van der Waals surface area contributed by atoms with Crippen molar-refractivity contribution in [1.82, 2.24) is 0 Å². The van der Waals surface area contributed by atoms with Gasteiger partial charge in [0.05, 0.1) is 39.6 Å². The summed E-state index contributed by atoms with van der Waals surface area (Å²) in [6.45, 7) is 36.1. The molecule has 0 saturated heterocycles. The highest BCUT2D eigenvalue weighted by Gasteiger charge is 2.45. The zero-order valence-corrected chi connectivity index (χ0v) is 90.2. The lowest BCUT2D eigenvalue weighted by Gasteiger charge is -2.28. The molecule has 148 heavy (non-hydrogen) atoms. The SMILES string of the molecule is CCC(=O)C[C@H]1Cc2cccc(C(=O)OCC(CC)CC)c2OB1O.CCC(=O)C[C@H]1Cc2cccc(C(=O)OCCC(C)(C)C)c2OB1O.CCC(=O)C[C@H]1Cc2cccc(C(=O)OCCC(C)C)c2OB1O.CCC(=O)C[C@H]1Cc2cccc(C(=O)OCCCC(C)C)c2OB1O.CCCCCCOC(=O)c1cccc2c1OB(O)[C@@H](CC(=O)CC)C2.CCCCCOC(=O)c1cccc2c1OB(O)[C@@H](CC(=O)CC)C2. The van der Waals surface area contributed by atoms with Crippen LogP contribution in [0.3, 0.4) is 0 Å². The minimum absolute atomic E-state index is 0.0854. The van der Waals surface area contributed by atoms with E-state index < -0.39 is 78.5 Å². The first-order chi connectivity index (χ1) is 70.7. The number of para-hydroxylation sites is 6. The lowest BCUT2D eigenvalue weighted by Crippen LogP contribution is -2.35. The Morgan fingerprint density at radius 3 is 0.730 bits per heavy atom. The molecule has 6 heterocycles. The fraction of sp³-hybridized carbons (Fsp3) is 0.571. The fourth-order valence-electron chi connectivity index (χ4n) is 17.4. The molecule has 0 aliphatic carbocycles. The van der Waals surface area contributed by atoms with Crippen molar-refractivity contribution in [2.45, 2.75) is 352 Å². The highest BCUT2D eigenvalue weighted by atomic mass is 16.6. The Labute approximate surface area is 877 Å². The maximum atomic E-state index is 12.4. The molecule has 0 saturated carbocycles. The zero-order valence-electron chi connectivity index (χ0n) is 90.2. The highest BCUT2D eigenvalue weighted by molar-refractivity contribution is 6.49. The minimum atomic E-state index is -1.09. The van der Waals surface area contributed by atoms with E-state index >= 15 is 0 Å². The van der Waals surface area contributed by atoms with Crippen molar-refractivity contribution < 1.29 is 144 Å². The largest absolute Gasteiger partial charge is 0.535 e. The molecule has 804 valence electrons. The summed E-state index contributed by atoms with van der Waals surface area (Å²) in [4.78, 5) is 144. The van der Waals surface area contributed by atoms with Crippen LogP contribution in [0.5, 0.6) is 34.5 Å². The van der Waals surface area contributed by atoms with Gasteiger partial charge in [0.15, 0.2) is 0 Å². The molecular weight excluding hydrogens is 1890 g/mol. The molecule has 0 amide bonds. The summed E-state index contributed by atoms with van der Waals surface area (Å²) >= 11 is 0. The lowest BCUT2D eigenvalue weighted by atomic mass is 9.64. The summed E-state index contributed by atoms with van der Waals surface area (Å²) in [6.07, 6.45) is 19.8. The topological polar surface area (TPSA) is 437 Å². The average molecular weight is 2050 g/mol. The van der Waals surface area contributed by atoms with Crippen LogP contribution in [0.1, 0.15) is 374 Å². The van der Waals surface area contributed by atoms with Crippen LogP contribution in [-0.4, -0.2) is 183 Å². The van der Waals surface area contributed by atoms with Gasteiger partial charge < -0.3 is 86.5 Å². The Morgan fingerprint density at radius 1 is 0.291 bits per heavy atom. The predicted molar refractivity (Wildman–Crippen MR) is 572 cm³/mol. The van der Waals surface area contributed by atoms with Gasteiger partial charge in [-0.3, -0.25) is 28.8 Å². The van der Waals surface area contributed by atoms with Crippen molar-refractivity contribution in [1.29, 1.82) is 0 Å². The molecule has 6 aliphatic heterocycles. The average Bonchev–Trinajstić information content (AvgIpc) is 0.820. The molecule has 36 heteroatoms. The number of fused-ring (bicyclic) bond motifs is 6. The molecule has 0 unspecified atom stereocenters. The van der Waals surface area contributed by atoms with E-state index in [1.807, 2.05) is 36.4 Å². The second kappa shape index (κ2) is 64.0. The molecule has 6 aromatic rings. The molecule has 12 rings (SSSR count). The molecule has 0 aromatic heterocycles. The van der Waals surface area contributed by atoms with Gasteiger partial charge in [-0.05, 0) is 170 Å². The molecule has 6 N–H and O–H groups in total. The third kappa shape index (κ3) is 39.8. The zero-order chi connectivity index (χ0) is 109. The first-order valence-corrected chi connectivity index (χ1v) is 53.6. The quantitative estimate of drug-likeness (QED) is 0.00894. The van der Waals surface area contributed by atoms with Crippen LogP contribution < -0.4 is 27.9 Å². The Balaban J connectivity index is 0.000000240. The molecule has 0 bridgehead atoms. The Morgan fingerprint density at radius 2 is 0.507 bits per heavy atom. The van der Waals surface area contributed by atoms with Gasteiger partial charge in [0.2, 0.25) is 0 Å². The van der Waals surface area contributed by atoms with Gasteiger partial charge in [0.1, 0.15) is 103 Å². The number of Topliss-reactive ketones (excluding diaryl/α,β-unsaturated/α-hetero) is 6. The smallest absolute Gasteiger partial charge is 0.526 e. The van der Waals surface area contributed by atoms with Crippen LogP contribution in [0.25, 0.3) is 0 Å². The molecule has 0 spiro atoms. The molecule has 30 nitrogen and oxygen atoms in total. The number of hydrogen-bond acceptors (Lipinski definition) is 30. The molecular formula is C112H158B6O30.